The first-order valence-electron chi connectivity index (χ1n) is 0.676. The lowest BCUT2D eigenvalue weighted by Gasteiger charge is -1.50. The molecule has 0 unspecified atom stereocenters. The molecule has 0 aliphatic rings. The van der Waals surface area contributed by atoms with Crippen molar-refractivity contribution < 1.29 is 10.0 Å². The maximum absolute atomic E-state index is 8.69. The van der Waals surface area contributed by atoms with Crippen molar-refractivity contribution in [2.45, 2.75) is 0 Å². The normalized spacial score (nSPS) is 5.25. The third kappa shape index (κ3) is 1.43. The highest BCUT2D eigenvalue weighted by Gasteiger charge is 1.55. The van der Waals surface area contributed by atoms with Crippen molar-refractivity contribution in [2.75, 3.05) is 0 Å². The molecule has 3 nitrogen and oxygen atoms in total. The van der Waals surface area contributed by atoms with Gasteiger partial charge in [-0.15, -0.1) is 0 Å². The van der Waals surface area contributed by atoms with E-state index in [4.69, 9.17) is 10.0 Å². The SMILES string of the molecule is [O][N]C=O. The van der Waals surface area contributed by atoms with Crippen molar-refractivity contribution in [3.63, 3.8) is 0 Å². The van der Waals surface area contributed by atoms with E-state index < -0.39 is 0 Å². The monoisotopic (exact) mass is 59.0 g/mol. The molecule has 1 amide bonds. The first-order chi connectivity index (χ1) is 1.91. The van der Waals surface area contributed by atoms with E-state index in [1.165, 1.54) is 0 Å². The highest BCUT2D eigenvalue weighted by Crippen LogP contribution is 1.19. The van der Waals surface area contributed by atoms with Crippen LogP contribution in [-0.2, 0) is 10.0 Å². The largest absolute Gasteiger partial charge is 0.274 e. The molecule has 2 radical (unpaired) electrons. The minimum atomic E-state index is -0.0556. The molecule has 0 heterocycles. The van der Waals surface area contributed by atoms with Gasteiger partial charge in [-0.1, -0.05) is 10.7 Å². The van der Waals surface area contributed by atoms with Gasteiger partial charge in [-0.25, -0.2) is 0 Å². The molecule has 4 heavy (non-hydrogen) atoms. The van der Waals surface area contributed by atoms with Gasteiger partial charge in [-0.2, -0.15) is 0 Å². The number of rotatable bonds is 1. The molecule has 0 bridgehead atoms. The van der Waals surface area contributed by atoms with Crippen LogP contribution in [0.4, 0.5) is 0 Å². The topological polar surface area (TPSA) is 51.1 Å². The van der Waals surface area contributed by atoms with Gasteiger partial charge in [0.15, 0.2) is 0 Å². The summed E-state index contributed by atoms with van der Waals surface area (Å²) in [6.07, 6.45) is -0.0556. The van der Waals surface area contributed by atoms with Crippen molar-refractivity contribution in [3.05, 3.63) is 0 Å². The number of carbonyl (C=O) groups excluding carboxylic acids is 1. The first-order valence-corrected chi connectivity index (χ1v) is 0.676. The Kier molecular flexibility index (Phi) is 2.08. The Labute approximate surface area is 23.2 Å². The number of hydroxylamine groups is 1. The van der Waals surface area contributed by atoms with Crippen LogP contribution in [0.15, 0.2) is 0 Å². The second kappa shape index (κ2) is 2.43. The lowest BCUT2D eigenvalue weighted by Crippen LogP contribution is -1.85. The lowest BCUT2D eigenvalue weighted by atomic mass is 11.5. The summed E-state index contributed by atoms with van der Waals surface area (Å²) in [6, 6.07) is 0. The minimum absolute atomic E-state index is 0.0556. The third-order valence-electron chi connectivity index (χ3n) is 0.0430. The molecular formula is CHNO2. The predicted molar refractivity (Wildman–Crippen MR) is 8.88 cm³/mol. The van der Waals surface area contributed by atoms with Gasteiger partial charge in [-0.3, -0.25) is 4.79 Å². The zero-order valence-electron chi connectivity index (χ0n) is 1.84. The maximum atomic E-state index is 8.69. The molecule has 0 fully saturated rings. The third-order valence-corrected chi connectivity index (χ3v) is 0.0430. The Morgan fingerprint density at radius 1 is 1.75 bits per heavy atom. The highest BCUT2D eigenvalue weighted by atomic mass is 16.5. The average Bonchev–Trinajstić information content (AvgIpc) is 1.37. The second-order valence-electron chi connectivity index (χ2n) is 0.211. The van der Waals surface area contributed by atoms with Crippen LogP contribution >= 0.6 is 0 Å². The van der Waals surface area contributed by atoms with Crippen molar-refractivity contribution >= 4 is 6.41 Å². The fraction of sp³-hybridized carbons (Fsp3) is 0. The average molecular weight is 59.0 g/mol. The number of nitrogens with zero attached hydrogens (tertiary/aromatic N) is 1. The molecule has 0 N–H and O–H groups in total. The fourth-order valence-electron chi connectivity index (χ4n) is 0. The molecule has 3 heteroatoms. The highest BCUT2D eigenvalue weighted by molar-refractivity contribution is 5.42. The van der Waals surface area contributed by atoms with E-state index >= 15 is 0 Å². The zero-order valence-corrected chi connectivity index (χ0v) is 1.84. The smallest absolute Gasteiger partial charge is 0.260 e. The van der Waals surface area contributed by atoms with Gasteiger partial charge in [0, 0.05) is 0 Å². The van der Waals surface area contributed by atoms with Crippen LogP contribution in [0.5, 0.6) is 0 Å². The van der Waals surface area contributed by atoms with Gasteiger partial charge in [0.05, 0.1) is 0 Å². The predicted octanol–water partition coefficient (Wildman–Crippen LogP) is -0.907. The summed E-state index contributed by atoms with van der Waals surface area (Å²) in [5, 5.41) is 8.56. The van der Waals surface area contributed by atoms with E-state index in [2.05, 4.69) is 0 Å². The van der Waals surface area contributed by atoms with E-state index in [-0.39, 0.29) is 6.41 Å². The van der Waals surface area contributed by atoms with Crippen molar-refractivity contribution in [2.24, 2.45) is 0 Å². The quantitative estimate of drug-likeness (QED) is 0.285. The molecular weight excluding hydrogens is 58.0 g/mol. The minimum Gasteiger partial charge on any atom is -0.274 e. The lowest BCUT2D eigenvalue weighted by molar-refractivity contribution is -0.121. The summed E-state index contributed by atoms with van der Waals surface area (Å²) < 4.78 is 0. The molecule has 0 aliphatic carbocycles. The van der Waals surface area contributed by atoms with Gasteiger partial charge < -0.3 is 0 Å². The van der Waals surface area contributed by atoms with E-state index in [9.17, 15) is 0 Å². The van der Waals surface area contributed by atoms with Crippen LogP contribution in [0.25, 0.3) is 0 Å². The maximum Gasteiger partial charge on any atom is 0.260 e. The van der Waals surface area contributed by atoms with Crippen LogP contribution in [0.2, 0.25) is 0 Å². The van der Waals surface area contributed by atoms with Crippen molar-refractivity contribution in [1.82, 2.24) is 5.48 Å². The summed E-state index contributed by atoms with van der Waals surface area (Å²) in [5.74, 6) is 0. The summed E-state index contributed by atoms with van der Waals surface area (Å²) in [6.45, 7) is 0. The Balaban J connectivity index is 2.30. The van der Waals surface area contributed by atoms with E-state index in [0.717, 1.165) is 0 Å². The molecule has 22 valence electrons. The number of amides is 1. The van der Waals surface area contributed by atoms with Gasteiger partial charge >= 0.3 is 0 Å². The second-order valence-corrected chi connectivity index (χ2v) is 0.211. The fourth-order valence-corrected chi connectivity index (χ4v) is 0. The van der Waals surface area contributed by atoms with E-state index in [0.29, 0.717) is 0 Å². The van der Waals surface area contributed by atoms with Crippen LogP contribution in [0.1, 0.15) is 0 Å². The summed E-state index contributed by atoms with van der Waals surface area (Å²) in [5.41, 5.74) is 1.81. The number of carbonyl (C=O) groups is 1. The molecule has 0 aromatic carbocycles. The van der Waals surface area contributed by atoms with Gasteiger partial charge in [0.25, 0.3) is 6.41 Å². The Morgan fingerprint density at radius 3 is 2.00 bits per heavy atom. The molecule has 0 spiro atoms. The standard InChI is InChI=1S/CHNO2/c3-1-2-4/h1H. The molecule has 0 rings (SSSR count). The van der Waals surface area contributed by atoms with Gasteiger partial charge in [-0.05, 0) is 0 Å². The van der Waals surface area contributed by atoms with Crippen LogP contribution in [-0.4, -0.2) is 6.41 Å². The van der Waals surface area contributed by atoms with Gasteiger partial charge in [0.1, 0.15) is 0 Å². The van der Waals surface area contributed by atoms with Crippen LogP contribution in [0, 0.1) is 0 Å². The molecule has 0 aromatic heterocycles. The van der Waals surface area contributed by atoms with E-state index in [1.54, 1.807) is 5.48 Å². The van der Waals surface area contributed by atoms with Gasteiger partial charge in [0.2, 0.25) is 0 Å². The van der Waals surface area contributed by atoms with Crippen LogP contribution < -0.4 is 5.48 Å². The summed E-state index contributed by atoms with van der Waals surface area (Å²) in [7, 11) is 0. The van der Waals surface area contributed by atoms with Crippen molar-refractivity contribution in [3.8, 4) is 0 Å². The van der Waals surface area contributed by atoms with Crippen LogP contribution in [0.3, 0.4) is 0 Å². The number of hydrogen-bond donors (Lipinski definition) is 0. The first kappa shape index (κ1) is 3.43. The zero-order chi connectivity index (χ0) is 3.41. The molecule has 0 saturated carbocycles. The molecule has 0 atom stereocenters. The molecule has 0 aliphatic heterocycles. The molecule has 0 aromatic rings. The Morgan fingerprint density at radius 2 is 2.00 bits per heavy atom. The summed E-state index contributed by atoms with van der Waals surface area (Å²) >= 11 is 0. The Bertz CT molecular complexity index is 20.0. The molecule has 0 saturated heterocycles. The number of hydrogen-bond acceptors (Lipinski definition) is 1. The van der Waals surface area contributed by atoms with Crippen molar-refractivity contribution in [1.29, 1.82) is 0 Å². The summed E-state index contributed by atoms with van der Waals surface area (Å²) in [4.78, 5) is 8.69. The van der Waals surface area contributed by atoms with E-state index in [1.807, 2.05) is 0 Å². The Hall–Kier alpha value is -0.570.